The lowest BCUT2D eigenvalue weighted by atomic mass is 10.2. The predicted octanol–water partition coefficient (Wildman–Crippen LogP) is 3.70. The SMILES string of the molecule is CCN(CCCOc1ccccc1N)c1ccccc1F. The third kappa shape index (κ3) is 4.12. The second-order valence-corrected chi connectivity index (χ2v) is 4.77. The van der Waals surface area contributed by atoms with E-state index in [4.69, 9.17) is 10.5 Å². The minimum absolute atomic E-state index is 0.187. The van der Waals surface area contributed by atoms with E-state index in [0.717, 1.165) is 19.5 Å². The molecule has 0 spiro atoms. The lowest BCUT2D eigenvalue weighted by Gasteiger charge is -2.23. The molecule has 0 aromatic heterocycles. The topological polar surface area (TPSA) is 38.5 Å². The summed E-state index contributed by atoms with van der Waals surface area (Å²) in [6, 6.07) is 14.3. The zero-order valence-corrected chi connectivity index (χ0v) is 12.3. The maximum atomic E-state index is 13.8. The van der Waals surface area contributed by atoms with Gasteiger partial charge in [-0.3, -0.25) is 0 Å². The van der Waals surface area contributed by atoms with Gasteiger partial charge >= 0.3 is 0 Å². The molecule has 2 rings (SSSR count). The fourth-order valence-electron chi connectivity index (χ4n) is 2.21. The van der Waals surface area contributed by atoms with E-state index in [2.05, 4.69) is 0 Å². The lowest BCUT2D eigenvalue weighted by Crippen LogP contribution is -2.26. The number of para-hydroxylation sites is 3. The normalized spacial score (nSPS) is 10.4. The standard InChI is InChI=1S/C17H21FN2O/c1-2-20(16-10-5-3-8-14(16)18)12-7-13-21-17-11-6-4-9-15(17)19/h3-6,8-11H,2,7,12-13,19H2,1H3. The summed E-state index contributed by atoms with van der Waals surface area (Å²) in [6.07, 6.45) is 0.802. The third-order valence-corrected chi connectivity index (χ3v) is 3.32. The smallest absolute Gasteiger partial charge is 0.146 e. The molecule has 0 saturated carbocycles. The Balaban J connectivity index is 1.85. The second kappa shape index (κ2) is 7.53. The van der Waals surface area contributed by atoms with Crippen LogP contribution in [0.1, 0.15) is 13.3 Å². The number of halogens is 1. The fourth-order valence-corrected chi connectivity index (χ4v) is 2.21. The molecular formula is C17H21FN2O. The van der Waals surface area contributed by atoms with E-state index < -0.39 is 0 Å². The molecule has 0 radical (unpaired) electrons. The molecule has 0 saturated heterocycles. The molecular weight excluding hydrogens is 267 g/mol. The molecule has 2 aromatic carbocycles. The number of hydrogen-bond donors (Lipinski definition) is 1. The van der Waals surface area contributed by atoms with Crippen molar-refractivity contribution in [3.8, 4) is 5.75 Å². The van der Waals surface area contributed by atoms with Crippen molar-refractivity contribution in [2.45, 2.75) is 13.3 Å². The highest BCUT2D eigenvalue weighted by Crippen LogP contribution is 2.21. The predicted molar refractivity (Wildman–Crippen MR) is 85.3 cm³/mol. The van der Waals surface area contributed by atoms with Gasteiger partial charge in [0.15, 0.2) is 0 Å². The molecule has 0 unspecified atom stereocenters. The van der Waals surface area contributed by atoms with Gasteiger partial charge in [-0.05, 0) is 37.6 Å². The van der Waals surface area contributed by atoms with Gasteiger partial charge in [0.25, 0.3) is 0 Å². The van der Waals surface area contributed by atoms with Crippen molar-refractivity contribution in [3.63, 3.8) is 0 Å². The van der Waals surface area contributed by atoms with Crippen LogP contribution in [0.4, 0.5) is 15.8 Å². The van der Waals surface area contributed by atoms with E-state index >= 15 is 0 Å². The molecule has 21 heavy (non-hydrogen) atoms. The largest absolute Gasteiger partial charge is 0.491 e. The first-order chi connectivity index (χ1) is 10.2. The first-order valence-corrected chi connectivity index (χ1v) is 7.19. The maximum absolute atomic E-state index is 13.8. The van der Waals surface area contributed by atoms with E-state index in [1.165, 1.54) is 6.07 Å². The Morgan fingerprint density at radius 3 is 2.52 bits per heavy atom. The number of nitrogen functional groups attached to an aromatic ring is 1. The van der Waals surface area contributed by atoms with Gasteiger partial charge in [0.1, 0.15) is 11.6 Å². The Morgan fingerprint density at radius 2 is 1.81 bits per heavy atom. The highest BCUT2D eigenvalue weighted by molar-refractivity contribution is 5.51. The molecule has 0 aliphatic rings. The van der Waals surface area contributed by atoms with Crippen LogP contribution in [0.3, 0.4) is 0 Å². The Bertz CT molecular complexity index is 574. The highest BCUT2D eigenvalue weighted by atomic mass is 19.1. The number of ether oxygens (including phenoxy) is 1. The van der Waals surface area contributed by atoms with Crippen LogP contribution in [0, 0.1) is 5.82 Å². The van der Waals surface area contributed by atoms with E-state index in [9.17, 15) is 4.39 Å². The molecule has 0 fully saturated rings. The average molecular weight is 288 g/mol. The molecule has 0 bridgehead atoms. The number of nitrogens with two attached hydrogens (primary N) is 1. The van der Waals surface area contributed by atoms with Crippen LogP contribution in [0.25, 0.3) is 0 Å². The molecule has 0 amide bonds. The number of anilines is 2. The summed E-state index contributed by atoms with van der Waals surface area (Å²) in [5.74, 6) is 0.513. The van der Waals surface area contributed by atoms with Crippen molar-refractivity contribution in [1.29, 1.82) is 0 Å². The third-order valence-electron chi connectivity index (χ3n) is 3.32. The quantitative estimate of drug-likeness (QED) is 0.623. The van der Waals surface area contributed by atoms with Gasteiger partial charge < -0.3 is 15.4 Å². The van der Waals surface area contributed by atoms with Crippen LogP contribution in [0.2, 0.25) is 0 Å². The van der Waals surface area contributed by atoms with E-state index in [0.29, 0.717) is 23.7 Å². The van der Waals surface area contributed by atoms with Crippen molar-refractivity contribution in [3.05, 3.63) is 54.3 Å². The summed E-state index contributed by atoms with van der Waals surface area (Å²) < 4.78 is 19.4. The Labute approximate surface area is 125 Å². The molecule has 2 aromatic rings. The van der Waals surface area contributed by atoms with Crippen LogP contribution in [-0.2, 0) is 0 Å². The van der Waals surface area contributed by atoms with E-state index in [1.54, 1.807) is 12.1 Å². The molecule has 0 heterocycles. The summed E-state index contributed by atoms with van der Waals surface area (Å²) in [5.41, 5.74) is 7.09. The van der Waals surface area contributed by atoms with Gasteiger partial charge in [-0.25, -0.2) is 4.39 Å². The lowest BCUT2D eigenvalue weighted by molar-refractivity contribution is 0.313. The molecule has 3 nitrogen and oxygen atoms in total. The van der Waals surface area contributed by atoms with Crippen molar-refractivity contribution in [1.82, 2.24) is 0 Å². The van der Waals surface area contributed by atoms with Crippen LogP contribution in [0.5, 0.6) is 5.75 Å². The summed E-state index contributed by atoms with van der Waals surface area (Å²) in [7, 11) is 0. The number of nitrogens with zero attached hydrogens (tertiary/aromatic N) is 1. The van der Waals surface area contributed by atoms with Crippen LogP contribution >= 0.6 is 0 Å². The van der Waals surface area contributed by atoms with Gasteiger partial charge in [0, 0.05) is 13.1 Å². The summed E-state index contributed by atoms with van der Waals surface area (Å²) in [5, 5.41) is 0. The summed E-state index contributed by atoms with van der Waals surface area (Å²) in [6.45, 7) is 4.07. The molecule has 0 aliphatic heterocycles. The van der Waals surface area contributed by atoms with E-state index in [1.807, 2.05) is 42.2 Å². The maximum Gasteiger partial charge on any atom is 0.146 e. The molecule has 2 N–H and O–H groups in total. The first kappa shape index (κ1) is 15.2. The fraction of sp³-hybridized carbons (Fsp3) is 0.294. The number of rotatable bonds is 7. The number of hydrogen-bond acceptors (Lipinski definition) is 3. The summed E-state index contributed by atoms with van der Waals surface area (Å²) >= 11 is 0. The highest BCUT2D eigenvalue weighted by Gasteiger charge is 2.08. The molecule has 112 valence electrons. The Morgan fingerprint density at radius 1 is 1.10 bits per heavy atom. The van der Waals surface area contributed by atoms with Gasteiger partial charge in [0.05, 0.1) is 18.0 Å². The summed E-state index contributed by atoms with van der Waals surface area (Å²) in [4.78, 5) is 2.01. The first-order valence-electron chi connectivity index (χ1n) is 7.19. The van der Waals surface area contributed by atoms with Gasteiger partial charge in [0.2, 0.25) is 0 Å². The minimum atomic E-state index is -0.187. The van der Waals surface area contributed by atoms with Crippen LogP contribution in [-0.4, -0.2) is 19.7 Å². The van der Waals surface area contributed by atoms with Crippen molar-refractivity contribution in [2.75, 3.05) is 30.3 Å². The minimum Gasteiger partial charge on any atom is -0.491 e. The van der Waals surface area contributed by atoms with Gasteiger partial charge in [-0.2, -0.15) is 0 Å². The zero-order chi connectivity index (χ0) is 15.1. The molecule has 0 aliphatic carbocycles. The van der Waals surface area contributed by atoms with Gasteiger partial charge in [-0.1, -0.05) is 24.3 Å². The Hall–Kier alpha value is -2.23. The van der Waals surface area contributed by atoms with E-state index in [-0.39, 0.29) is 5.82 Å². The van der Waals surface area contributed by atoms with Crippen molar-refractivity contribution >= 4 is 11.4 Å². The monoisotopic (exact) mass is 288 g/mol. The zero-order valence-electron chi connectivity index (χ0n) is 12.3. The average Bonchev–Trinajstić information content (AvgIpc) is 2.50. The van der Waals surface area contributed by atoms with Crippen molar-refractivity contribution in [2.24, 2.45) is 0 Å². The second-order valence-electron chi connectivity index (χ2n) is 4.77. The number of benzene rings is 2. The molecule has 4 heteroatoms. The van der Waals surface area contributed by atoms with Crippen LogP contribution in [0.15, 0.2) is 48.5 Å². The van der Waals surface area contributed by atoms with Crippen molar-refractivity contribution < 1.29 is 9.13 Å². The molecule has 0 atom stereocenters. The van der Waals surface area contributed by atoms with Crippen LogP contribution < -0.4 is 15.4 Å². The van der Waals surface area contributed by atoms with Gasteiger partial charge in [-0.15, -0.1) is 0 Å². The Kier molecular flexibility index (Phi) is 5.43.